The van der Waals surface area contributed by atoms with Gasteiger partial charge >= 0.3 is 0 Å². The number of halogens is 1. The summed E-state index contributed by atoms with van der Waals surface area (Å²) in [4.78, 5) is 3.64. The maximum Gasteiger partial charge on any atom is 0.123 e. The standard InChI is InChI=1S/C14H12FNS/c15-12-7-5-11(6-8-12)9-16-10-17-14-4-2-1-3-13(14)16/h1-8H,9-10H2. The fourth-order valence-corrected chi connectivity index (χ4v) is 3.04. The molecule has 2 aromatic rings. The van der Waals surface area contributed by atoms with E-state index in [4.69, 9.17) is 0 Å². The van der Waals surface area contributed by atoms with Crippen LogP contribution in [0.2, 0.25) is 0 Å². The number of hydrogen-bond acceptors (Lipinski definition) is 2. The van der Waals surface area contributed by atoms with Crippen molar-refractivity contribution in [2.24, 2.45) is 0 Å². The number of fused-ring (bicyclic) bond motifs is 1. The number of benzene rings is 2. The van der Waals surface area contributed by atoms with Crippen LogP contribution >= 0.6 is 11.8 Å². The lowest BCUT2D eigenvalue weighted by Gasteiger charge is -2.18. The summed E-state index contributed by atoms with van der Waals surface area (Å²) in [5.41, 5.74) is 2.42. The summed E-state index contributed by atoms with van der Waals surface area (Å²) >= 11 is 1.85. The van der Waals surface area contributed by atoms with Crippen LogP contribution in [0, 0.1) is 5.82 Å². The van der Waals surface area contributed by atoms with E-state index in [0.717, 1.165) is 18.0 Å². The van der Waals surface area contributed by atoms with Crippen LogP contribution in [-0.4, -0.2) is 5.88 Å². The van der Waals surface area contributed by atoms with Crippen molar-refractivity contribution in [1.82, 2.24) is 0 Å². The lowest BCUT2D eigenvalue weighted by Crippen LogP contribution is -2.18. The average Bonchev–Trinajstić information content (AvgIpc) is 2.76. The third kappa shape index (κ3) is 2.15. The Hall–Kier alpha value is -1.48. The predicted octanol–water partition coefficient (Wildman–Crippen LogP) is 3.90. The summed E-state index contributed by atoms with van der Waals surface area (Å²) < 4.78 is 12.8. The number of anilines is 1. The Bertz CT molecular complexity index is 524. The number of nitrogens with zero attached hydrogens (tertiary/aromatic N) is 1. The average molecular weight is 245 g/mol. The van der Waals surface area contributed by atoms with Crippen molar-refractivity contribution in [2.75, 3.05) is 10.8 Å². The predicted molar refractivity (Wildman–Crippen MR) is 69.7 cm³/mol. The Kier molecular flexibility index (Phi) is 2.77. The normalized spacial score (nSPS) is 13.8. The van der Waals surface area contributed by atoms with Gasteiger partial charge in [0.15, 0.2) is 0 Å². The van der Waals surface area contributed by atoms with Crippen molar-refractivity contribution in [3.8, 4) is 0 Å². The third-order valence-electron chi connectivity index (χ3n) is 2.87. The zero-order chi connectivity index (χ0) is 11.7. The molecule has 0 saturated heterocycles. The molecule has 3 heteroatoms. The molecule has 1 heterocycles. The van der Waals surface area contributed by atoms with Crippen molar-refractivity contribution < 1.29 is 4.39 Å². The molecule has 3 rings (SSSR count). The molecule has 1 nitrogen and oxygen atoms in total. The third-order valence-corrected chi connectivity index (χ3v) is 3.97. The molecular formula is C14H12FNS. The summed E-state index contributed by atoms with van der Waals surface area (Å²) in [6, 6.07) is 15.1. The van der Waals surface area contributed by atoms with Crippen LogP contribution in [0.1, 0.15) is 5.56 Å². The van der Waals surface area contributed by atoms with Crippen LogP contribution in [-0.2, 0) is 6.54 Å². The lowest BCUT2D eigenvalue weighted by molar-refractivity contribution is 0.627. The minimum absolute atomic E-state index is 0.176. The van der Waals surface area contributed by atoms with E-state index in [2.05, 4.69) is 29.2 Å². The molecule has 0 unspecified atom stereocenters. The highest BCUT2D eigenvalue weighted by Gasteiger charge is 2.18. The van der Waals surface area contributed by atoms with Crippen LogP contribution in [0.3, 0.4) is 0 Å². The highest BCUT2D eigenvalue weighted by molar-refractivity contribution is 7.99. The van der Waals surface area contributed by atoms with Crippen molar-refractivity contribution in [3.05, 3.63) is 59.9 Å². The summed E-state index contributed by atoms with van der Waals surface area (Å²) in [6.07, 6.45) is 0. The highest BCUT2D eigenvalue weighted by Crippen LogP contribution is 2.38. The SMILES string of the molecule is Fc1ccc(CN2CSc3ccccc32)cc1. The van der Waals surface area contributed by atoms with Gasteiger partial charge in [0.2, 0.25) is 0 Å². The van der Waals surface area contributed by atoms with E-state index in [0.29, 0.717) is 0 Å². The van der Waals surface area contributed by atoms with Gasteiger partial charge in [-0.3, -0.25) is 0 Å². The summed E-state index contributed by atoms with van der Waals surface area (Å²) in [6.45, 7) is 0.838. The molecule has 0 bridgehead atoms. The van der Waals surface area contributed by atoms with Crippen LogP contribution in [0.5, 0.6) is 0 Å². The number of para-hydroxylation sites is 1. The van der Waals surface area contributed by atoms with Gasteiger partial charge in [-0.25, -0.2) is 4.39 Å². The minimum Gasteiger partial charge on any atom is -0.357 e. The maximum absolute atomic E-state index is 12.8. The number of hydrogen-bond donors (Lipinski definition) is 0. The Balaban J connectivity index is 1.81. The van der Waals surface area contributed by atoms with Crippen LogP contribution in [0.25, 0.3) is 0 Å². The number of thioether (sulfide) groups is 1. The second-order valence-electron chi connectivity index (χ2n) is 4.07. The van der Waals surface area contributed by atoms with Gasteiger partial charge in [0.05, 0.1) is 11.6 Å². The molecule has 0 aliphatic carbocycles. The monoisotopic (exact) mass is 245 g/mol. The van der Waals surface area contributed by atoms with Gasteiger partial charge in [-0.05, 0) is 29.8 Å². The fraction of sp³-hybridized carbons (Fsp3) is 0.143. The van der Waals surface area contributed by atoms with Crippen LogP contribution < -0.4 is 4.90 Å². The Morgan fingerprint density at radius 2 is 1.82 bits per heavy atom. The molecule has 0 aromatic heterocycles. The van der Waals surface area contributed by atoms with Gasteiger partial charge in [0.1, 0.15) is 5.82 Å². The molecular weight excluding hydrogens is 233 g/mol. The van der Waals surface area contributed by atoms with Crippen LogP contribution in [0.15, 0.2) is 53.4 Å². The van der Waals surface area contributed by atoms with Gasteiger partial charge in [0.25, 0.3) is 0 Å². The molecule has 0 fully saturated rings. The van der Waals surface area contributed by atoms with Crippen molar-refractivity contribution >= 4 is 17.4 Å². The lowest BCUT2D eigenvalue weighted by atomic mass is 10.2. The largest absolute Gasteiger partial charge is 0.357 e. The second-order valence-corrected chi connectivity index (χ2v) is 5.05. The molecule has 1 aliphatic rings. The topological polar surface area (TPSA) is 3.24 Å². The second kappa shape index (κ2) is 4.41. The van der Waals surface area contributed by atoms with E-state index < -0.39 is 0 Å². The molecule has 1 aliphatic heterocycles. The smallest absolute Gasteiger partial charge is 0.123 e. The molecule has 86 valence electrons. The molecule has 17 heavy (non-hydrogen) atoms. The van der Waals surface area contributed by atoms with E-state index in [9.17, 15) is 4.39 Å². The molecule has 2 aromatic carbocycles. The van der Waals surface area contributed by atoms with Gasteiger partial charge in [0, 0.05) is 11.4 Å². The van der Waals surface area contributed by atoms with Gasteiger partial charge in [-0.2, -0.15) is 0 Å². The van der Waals surface area contributed by atoms with E-state index in [-0.39, 0.29) is 5.82 Å². The summed E-state index contributed by atoms with van der Waals surface area (Å²) in [5, 5.41) is 0. The first-order chi connectivity index (χ1) is 8.33. The van der Waals surface area contributed by atoms with Crippen molar-refractivity contribution in [1.29, 1.82) is 0 Å². The first-order valence-corrected chi connectivity index (χ1v) is 6.53. The van der Waals surface area contributed by atoms with E-state index in [1.54, 1.807) is 0 Å². The first kappa shape index (κ1) is 10.7. The molecule has 0 atom stereocenters. The molecule has 0 radical (unpaired) electrons. The first-order valence-electron chi connectivity index (χ1n) is 5.54. The summed E-state index contributed by atoms with van der Waals surface area (Å²) in [7, 11) is 0. The minimum atomic E-state index is -0.176. The Morgan fingerprint density at radius 3 is 2.65 bits per heavy atom. The molecule has 0 saturated carbocycles. The van der Waals surface area contributed by atoms with Crippen molar-refractivity contribution in [3.63, 3.8) is 0 Å². The Morgan fingerprint density at radius 1 is 1.06 bits per heavy atom. The zero-order valence-corrected chi connectivity index (χ0v) is 10.1. The molecule has 0 N–H and O–H groups in total. The Labute approximate surface area is 104 Å². The summed E-state index contributed by atoms with van der Waals surface area (Å²) in [5.74, 6) is 0.793. The van der Waals surface area contributed by atoms with Crippen LogP contribution in [0.4, 0.5) is 10.1 Å². The van der Waals surface area contributed by atoms with E-state index in [1.807, 2.05) is 23.9 Å². The molecule has 0 amide bonds. The van der Waals surface area contributed by atoms with Gasteiger partial charge in [-0.1, -0.05) is 24.3 Å². The zero-order valence-electron chi connectivity index (χ0n) is 9.27. The van der Waals surface area contributed by atoms with E-state index >= 15 is 0 Å². The quantitative estimate of drug-likeness (QED) is 0.789. The molecule has 0 spiro atoms. The fourth-order valence-electron chi connectivity index (χ4n) is 2.00. The van der Waals surface area contributed by atoms with Gasteiger partial charge < -0.3 is 4.90 Å². The number of rotatable bonds is 2. The highest BCUT2D eigenvalue weighted by atomic mass is 32.2. The maximum atomic E-state index is 12.8. The van der Waals surface area contributed by atoms with Crippen molar-refractivity contribution in [2.45, 2.75) is 11.4 Å². The van der Waals surface area contributed by atoms with Gasteiger partial charge in [-0.15, -0.1) is 11.8 Å². The van der Waals surface area contributed by atoms with E-state index in [1.165, 1.54) is 22.7 Å².